The van der Waals surface area contributed by atoms with E-state index in [0.29, 0.717) is 41.9 Å². The largest absolute Gasteiger partial charge is 0.490 e. The third kappa shape index (κ3) is 10.7. The molecule has 8 heteroatoms. The van der Waals surface area contributed by atoms with E-state index in [1.165, 1.54) is 0 Å². The van der Waals surface area contributed by atoms with E-state index in [1.807, 2.05) is 61.5 Å². The lowest BCUT2D eigenvalue weighted by atomic mass is 9.95. The van der Waals surface area contributed by atoms with E-state index in [0.717, 1.165) is 10.5 Å². The van der Waals surface area contributed by atoms with Gasteiger partial charge in [0.1, 0.15) is 30.0 Å². The summed E-state index contributed by atoms with van der Waals surface area (Å²) in [4.78, 5) is 56.1. The van der Waals surface area contributed by atoms with E-state index >= 15 is 0 Å². The molecule has 3 amide bonds. The summed E-state index contributed by atoms with van der Waals surface area (Å²) in [6, 6.07) is 5.13. The van der Waals surface area contributed by atoms with Gasteiger partial charge in [0.15, 0.2) is 0 Å². The number of imide groups is 1. The van der Waals surface area contributed by atoms with Crippen LogP contribution in [0.1, 0.15) is 101 Å². The number of rotatable bonds is 14. The third-order valence-electron chi connectivity index (χ3n) is 6.73. The van der Waals surface area contributed by atoms with Gasteiger partial charge in [0, 0.05) is 5.57 Å². The number of allylic oxidation sites excluding steroid dienone is 1. The van der Waals surface area contributed by atoms with Crippen molar-refractivity contribution in [1.29, 1.82) is 0 Å². The molecule has 1 N–H and O–H groups in total. The van der Waals surface area contributed by atoms with Crippen molar-refractivity contribution in [3.63, 3.8) is 0 Å². The van der Waals surface area contributed by atoms with Crippen LogP contribution in [0.2, 0.25) is 0 Å². The Morgan fingerprint density at radius 1 is 0.884 bits per heavy atom. The molecular formula is C35H52N2O6. The second kappa shape index (κ2) is 15.3. The van der Waals surface area contributed by atoms with Crippen LogP contribution in [0.3, 0.4) is 0 Å². The highest BCUT2D eigenvalue weighted by atomic mass is 16.6. The molecule has 1 aromatic carbocycles. The number of esters is 1. The molecular weight excluding hydrogens is 544 g/mol. The van der Waals surface area contributed by atoms with Gasteiger partial charge in [-0.2, -0.15) is 0 Å². The summed E-state index contributed by atoms with van der Waals surface area (Å²) < 4.78 is 11.4. The zero-order valence-corrected chi connectivity index (χ0v) is 28.0. The van der Waals surface area contributed by atoms with Gasteiger partial charge in [0.05, 0.1) is 5.57 Å². The molecule has 0 saturated carbocycles. The fourth-order valence-electron chi connectivity index (χ4n) is 4.90. The molecule has 2 rings (SSSR count). The molecule has 238 valence electrons. The lowest BCUT2D eigenvalue weighted by Crippen LogP contribution is -2.55. The minimum absolute atomic E-state index is 0.00346. The number of nitrogens with one attached hydrogen (secondary N) is 1. The molecule has 0 fully saturated rings. The van der Waals surface area contributed by atoms with Crippen molar-refractivity contribution in [2.45, 2.75) is 113 Å². The second-order valence-electron chi connectivity index (χ2n) is 13.9. The number of nitrogens with zero attached hydrogens (tertiary/aromatic N) is 1. The van der Waals surface area contributed by atoms with Gasteiger partial charge < -0.3 is 14.8 Å². The van der Waals surface area contributed by atoms with E-state index in [9.17, 15) is 19.2 Å². The van der Waals surface area contributed by atoms with Crippen LogP contribution in [0.25, 0.3) is 5.57 Å². The predicted octanol–water partition coefficient (Wildman–Crippen LogP) is 6.49. The van der Waals surface area contributed by atoms with Gasteiger partial charge in [0.2, 0.25) is 5.91 Å². The first kappa shape index (κ1) is 35.8. The van der Waals surface area contributed by atoms with Crippen molar-refractivity contribution in [3.8, 4) is 5.75 Å². The molecule has 1 aromatic rings. The lowest BCUT2D eigenvalue weighted by Gasteiger charge is -2.30. The Labute approximate surface area is 258 Å². The summed E-state index contributed by atoms with van der Waals surface area (Å²) in [5, 5.41) is 2.84. The van der Waals surface area contributed by atoms with Crippen molar-refractivity contribution in [2.24, 2.45) is 17.8 Å². The van der Waals surface area contributed by atoms with Crippen molar-refractivity contribution >= 4 is 29.3 Å². The zero-order chi connectivity index (χ0) is 32.6. The Kier molecular flexibility index (Phi) is 12.8. The number of benzene rings is 1. The van der Waals surface area contributed by atoms with E-state index in [-0.39, 0.29) is 24.2 Å². The maximum Gasteiger partial charge on any atom is 0.329 e. The third-order valence-corrected chi connectivity index (χ3v) is 6.73. The van der Waals surface area contributed by atoms with Crippen molar-refractivity contribution < 1.29 is 28.7 Å². The summed E-state index contributed by atoms with van der Waals surface area (Å²) >= 11 is 0. The number of hydrogen-bond donors (Lipinski definition) is 1. The van der Waals surface area contributed by atoms with Crippen LogP contribution in [0.4, 0.5) is 0 Å². The molecule has 0 saturated heterocycles. The molecule has 0 spiro atoms. The maximum absolute atomic E-state index is 14.1. The van der Waals surface area contributed by atoms with Crippen LogP contribution in [0.5, 0.6) is 5.75 Å². The Balaban J connectivity index is 2.46. The smallest absolute Gasteiger partial charge is 0.329 e. The highest BCUT2D eigenvalue weighted by Crippen LogP contribution is 2.36. The Morgan fingerprint density at radius 3 is 1.95 bits per heavy atom. The van der Waals surface area contributed by atoms with Gasteiger partial charge in [-0.25, -0.2) is 4.79 Å². The fourth-order valence-corrected chi connectivity index (χ4v) is 4.90. The molecule has 1 aliphatic rings. The molecule has 0 aromatic heterocycles. The van der Waals surface area contributed by atoms with Crippen LogP contribution in [-0.4, -0.2) is 52.9 Å². The average Bonchev–Trinajstić information content (AvgIpc) is 3.09. The normalized spacial score (nSPS) is 15.3. The molecule has 1 aliphatic heterocycles. The summed E-state index contributed by atoms with van der Waals surface area (Å²) in [6.07, 6.45) is 2.98. The van der Waals surface area contributed by atoms with Crippen molar-refractivity contribution in [1.82, 2.24) is 10.2 Å². The summed E-state index contributed by atoms with van der Waals surface area (Å²) in [5.74, 6) is -1.20. The van der Waals surface area contributed by atoms with Crippen molar-refractivity contribution in [2.75, 3.05) is 6.61 Å². The Hall–Kier alpha value is -3.42. The van der Waals surface area contributed by atoms with E-state index < -0.39 is 41.4 Å². The summed E-state index contributed by atoms with van der Waals surface area (Å²) in [6.45, 7) is 21.5. The second-order valence-corrected chi connectivity index (χ2v) is 13.9. The van der Waals surface area contributed by atoms with Crippen LogP contribution in [0, 0.1) is 17.8 Å². The molecule has 1 heterocycles. The summed E-state index contributed by atoms with van der Waals surface area (Å²) in [7, 11) is 0. The lowest BCUT2D eigenvalue weighted by molar-refractivity contribution is -0.159. The molecule has 0 aliphatic carbocycles. The minimum atomic E-state index is -1.08. The topological polar surface area (TPSA) is 102 Å². The number of hydrogen-bond acceptors (Lipinski definition) is 6. The molecule has 43 heavy (non-hydrogen) atoms. The van der Waals surface area contributed by atoms with E-state index in [4.69, 9.17) is 9.47 Å². The average molecular weight is 597 g/mol. The Bertz CT molecular complexity index is 1210. The molecule has 0 radical (unpaired) electrons. The van der Waals surface area contributed by atoms with Crippen LogP contribution in [-0.2, 0) is 23.9 Å². The van der Waals surface area contributed by atoms with Gasteiger partial charge in [-0.3, -0.25) is 19.3 Å². The molecule has 2 atom stereocenters. The van der Waals surface area contributed by atoms with Crippen LogP contribution >= 0.6 is 0 Å². The SMILES string of the molecule is CC(C)=CCOc1ccc(C2=C(CC(C)C)C(=O)N(C(CC(C)C)C(=O)N[C@@H](CC(C)C)C(=O)OC(C)(C)C)C2=O)cc1. The van der Waals surface area contributed by atoms with Gasteiger partial charge in [0.25, 0.3) is 11.8 Å². The minimum Gasteiger partial charge on any atom is -0.490 e. The van der Waals surface area contributed by atoms with Gasteiger partial charge in [-0.05, 0) is 95.4 Å². The standard InChI is InChI=1S/C35H52N2O6/c1-21(2)16-17-42-26-14-12-25(13-15-26)30-27(18-22(3)4)32(39)37(33(30)40)29(20-24(7)8)31(38)36-28(19-23(5)6)34(41)43-35(9,10)11/h12-16,22-24,28-29H,17-20H2,1-11H3,(H,36,38)/t28-,29?/m0/s1. The molecule has 0 bridgehead atoms. The highest BCUT2D eigenvalue weighted by Gasteiger charge is 2.45. The first-order valence-electron chi connectivity index (χ1n) is 15.4. The van der Waals surface area contributed by atoms with Gasteiger partial charge in [-0.15, -0.1) is 0 Å². The maximum atomic E-state index is 14.1. The van der Waals surface area contributed by atoms with E-state index in [1.54, 1.807) is 45.0 Å². The molecule has 8 nitrogen and oxygen atoms in total. The predicted molar refractivity (Wildman–Crippen MR) is 170 cm³/mol. The number of carbonyl (C=O) groups is 4. The number of amides is 3. The zero-order valence-electron chi connectivity index (χ0n) is 28.0. The molecule has 1 unspecified atom stereocenters. The van der Waals surface area contributed by atoms with Gasteiger partial charge >= 0.3 is 5.97 Å². The number of ether oxygens (including phenoxy) is 2. The highest BCUT2D eigenvalue weighted by molar-refractivity contribution is 6.36. The number of carbonyl (C=O) groups excluding carboxylic acids is 4. The quantitative estimate of drug-likeness (QED) is 0.150. The van der Waals surface area contributed by atoms with Crippen LogP contribution in [0.15, 0.2) is 41.5 Å². The van der Waals surface area contributed by atoms with Crippen LogP contribution < -0.4 is 10.1 Å². The fraction of sp³-hybridized carbons (Fsp3) is 0.600. The summed E-state index contributed by atoms with van der Waals surface area (Å²) in [5.41, 5.74) is 1.72. The Morgan fingerprint density at radius 2 is 1.47 bits per heavy atom. The van der Waals surface area contributed by atoms with Crippen molar-refractivity contribution in [3.05, 3.63) is 47.1 Å². The first-order chi connectivity index (χ1) is 19.9. The monoisotopic (exact) mass is 596 g/mol. The van der Waals surface area contributed by atoms with E-state index in [2.05, 4.69) is 5.32 Å². The first-order valence-corrected chi connectivity index (χ1v) is 15.4. The van der Waals surface area contributed by atoms with Gasteiger partial charge in [-0.1, -0.05) is 59.2 Å².